The van der Waals surface area contributed by atoms with Crippen LogP contribution in [0, 0.1) is 5.92 Å². The molecule has 0 saturated carbocycles. The largest absolute Gasteiger partial charge is 0.472 e. The molecule has 2 aromatic heterocycles. The van der Waals surface area contributed by atoms with Gasteiger partial charge in [0.25, 0.3) is 15.9 Å². The maximum Gasteiger partial charge on any atom is 0.261 e. The fourth-order valence-electron chi connectivity index (χ4n) is 4.63. The molecule has 1 aliphatic heterocycles. The predicted molar refractivity (Wildman–Crippen MR) is 135 cm³/mol. The van der Waals surface area contributed by atoms with Crippen molar-refractivity contribution in [1.82, 2.24) is 23.7 Å². The molecule has 10 nitrogen and oxygen atoms in total. The number of aliphatic hydroxyl groups is 1. The van der Waals surface area contributed by atoms with E-state index in [0.29, 0.717) is 12.1 Å². The molecule has 36 heavy (non-hydrogen) atoms. The molecule has 0 unspecified atom stereocenters. The second kappa shape index (κ2) is 10.7. The Morgan fingerprint density at radius 3 is 2.72 bits per heavy atom. The van der Waals surface area contributed by atoms with Gasteiger partial charge >= 0.3 is 0 Å². The van der Waals surface area contributed by atoms with Crippen LogP contribution in [0.4, 0.5) is 0 Å². The van der Waals surface area contributed by atoms with Crippen LogP contribution in [-0.4, -0.2) is 82.1 Å². The van der Waals surface area contributed by atoms with Crippen molar-refractivity contribution < 1.29 is 23.1 Å². The Labute approximate surface area is 212 Å². The fourth-order valence-corrected chi connectivity index (χ4v) is 5.77. The number of rotatable bonds is 7. The number of aryl methyl sites for hydroxylation is 1. The predicted octanol–water partition coefficient (Wildman–Crippen LogP) is 2.31. The third-order valence-electron chi connectivity index (χ3n) is 6.98. The van der Waals surface area contributed by atoms with Gasteiger partial charge < -0.3 is 19.3 Å². The van der Waals surface area contributed by atoms with Crippen molar-refractivity contribution in [3.63, 3.8) is 0 Å². The molecule has 0 spiro atoms. The highest BCUT2D eigenvalue weighted by Crippen LogP contribution is 2.32. The summed E-state index contributed by atoms with van der Waals surface area (Å²) < 4.78 is 35.2. The molecule has 2 aliphatic rings. The van der Waals surface area contributed by atoms with Gasteiger partial charge in [-0.15, -0.1) is 0 Å². The molecule has 1 aliphatic carbocycles. The van der Waals surface area contributed by atoms with Crippen LogP contribution >= 0.6 is 0 Å². The van der Waals surface area contributed by atoms with Gasteiger partial charge in [0, 0.05) is 39.0 Å². The minimum Gasteiger partial charge on any atom is -0.472 e. The van der Waals surface area contributed by atoms with Crippen molar-refractivity contribution in [2.24, 2.45) is 13.0 Å². The standard InChI is InChI=1S/C25H35N5O5S/c1-17-12-30(18(2)15-31)25(32)21-10-20(19-8-6-5-7-9-19)11-26-24(21)35-22(17)13-29(4)36(33,34)23-14-28(3)16-27-23/h8,10-11,14,16-18,22,31H,5-7,9,12-13,15H2,1-4H3/t17-,18+,22-/m1/s1. The Bertz CT molecular complexity index is 1240. The van der Waals surface area contributed by atoms with Gasteiger partial charge in [-0.25, -0.2) is 18.4 Å². The third kappa shape index (κ3) is 5.33. The van der Waals surface area contributed by atoms with E-state index in [1.165, 1.54) is 29.5 Å². The van der Waals surface area contributed by atoms with Gasteiger partial charge in [-0.2, -0.15) is 4.31 Å². The van der Waals surface area contributed by atoms with Crippen LogP contribution in [0.1, 0.15) is 55.5 Å². The Kier molecular flexibility index (Phi) is 7.82. The molecule has 1 N–H and O–H groups in total. The highest BCUT2D eigenvalue weighted by Gasteiger charge is 2.36. The van der Waals surface area contributed by atoms with Crippen molar-refractivity contribution in [2.75, 3.05) is 26.7 Å². The molecular formula is C25H35N5O5S. The lowest BCUT2D eigenvalue weighted by Crippen LogP contribution is -2.50. The molecule has 11 heteroatoms. The van der Waals surface area contributed by atoms with E-state index in [1.807, 2.05) is 13.0 Å². The van der Waals surface area contributed by atoms with Crippen LogP contribution in [0.15, 0.2) is 35.9 Å². The fraction of sp³-hybridized carbons (Fsp3) is 0.560. The molecule has 3 atom stereocenters. The number of aliphatic hydroxyl groups excluding tert-OH is 1. The van der Waals surface area contributed by atoms with Crippen LogP contribution in [0.5, 0.6) is 5.88 Å². The smallest absolute Gasteiger partial charge is 0.261 e. The average molecular weight is 518 g/mol. The van der Waals surface area contributed by atoms with E-state index >= 15 is 0 Å². The SMILES string of the molecule is C[C@@H]1CN([C@@H](C)CO)C(=O)c2cc(C3=CCCCC3)cnc2O[C@@H]1CN(C)S(=O)(=O)c1cn(C)cn1. The molecule has 0 fully saturated rings. The van der Waals surface area contributed by atoms with Crippen LogP contribution in [0.2, 0.25) is 0 Å². The third-order valence-corrected chi connectivity index (χ3v) is 8.68. The van der Waals surface area contributed by atoms with E-state index in [1.54, 1.807) is 29.6 Å². The maximum absolute atomic E-state index is 13.6. The van der Waals surface area contributed by atoms with Crippen molar-refractivity contribution in [3.8, 4) is 5.88 Å². The van der Waals surface area contributed by atoms with Gasteiger partial charge in [-0.05, 0) is 49.8 Å². The summed E-state index contributed by atoms with van der Waals surface area (Å²) in [6, 6.07) is 1.40. The second-order valence-corrected chi connectivity index (χ2v) is 11.8. The lowest BCUT2D eigenvalue weighted by molar-refractivity contribution is 0.0373. The van der Waals surface area contributed by atoms with E-state index in [2.05, 4.69) is 16.0 Å². The number of allylic oxidation sites excluding steroid dienone is 2. The summed E-state index contributed by atoms with van der Waals surface area (Å²) in [5.41, 5.74) is 2.38. The first-order valence-corrected chi connectivity index (χ1v) is 13.8. The van der Waals surface area contributed by atoms with Crippen LogP contribution < -0.4 is 4.74 Å². The zero-order valence-corrected chi connectivity index (χ0v) is 22.1. The minimum absolute atomic E-state index is 0.0411. The van der Waals surface area contributed by atoms with E-state index in [4.69, 9.17) is 4.74 Å². The monoisotopic (exact) mass is 517 g/mol. The van der Waals surface area contributed by atoms with Crippen LogP contribution in [0.25, 0.3) is 5.57 Å². The van der Waals surface area contributed by atoms with Crippen molar-refractivity contribution >= 4 is 21.5 Å². The Hall–Kier alpha value is -2.76. The van der Waals surface area contributed by atoms with Gasteiger partial charge in [0.2, 0.25) is 5.88 Å². The van der Waals surface area contributed by atoms with Gasteiger partial charge in [-0.1, -0.05) is 13.0 Å². The van der Waals surface area contributed by atoms with E-state index in [-0.39, 0.29) is 35.9 Å². The Morgan fingerprint density at radius 1 is 1.31 bits per heavy atom. The van der Waals surface area contributed by atoms with Gasteiger partial charge in [0.1, 0.15) is 11.7 Å². The number of carbonyl (C=O) groups is 1. The van der Waals surface area contributed by atoms with Crippen LogP contribution in [-0.2, 0) is 17.1 Å². The number of hydrogen-bond donors (Lipinski definition) is 1. The molecule has 0 bridgehead atoms. The number of fused-ring (bicyclic) bond motifs is 1. The quantitative estimate of drug-likeness (QED) is 0.599. The molecule has 3 heterocycles. The van der Waals surface area contributed by atoms with Crippen molar-refractivity contribution in [3.05, 3.63) is 42.0 Å². The first kappa shape index (κ1) is 26.3. The van der Waals surface area contributed by atoms with E-state index in [9.17, 15) is 18.3 Å². The van der Waals surface area contributed by atoms with Crippen molar-refractivity contribution in [2.45, 2.75) is 56.7 Å². The normalized spacial score (nSPS) is 21.9. The first-order valence-electron chi connectivity index (χ1n) is 12.3. The number of hydrogen-bond acceptors (Lipinski definition) is 7. The van der Waals surface area contributed by atoms with Gasteiger partial charge in [-0.3, -0.25) is 4.79 Å². The molecule has 2 aromatic rings. The number of nitrogens with zero attached hydrogens (tertiary/aromatic N) is 5. The number of amides is 1. The molecule has 1 amide bonds. The number of ether oxygens (including phenoxy) is 1. The average Bonchev–Trinajstić information content (AvgIpc) is 3.33. The highest BCUT2D eigenvalue weighted by molar-refractivity contribution is 7.89. The topological polar surface area (TPSA) is 118 Å². The Balaban J connectivity index is 1.68. The summed E-state index contributed by atoms with van der Waals surface area (Å²) in [4.78, 5) is 23.8. The van der Waals surface area contributed by atoms with E-state index < -0.39 is 22.2 Å². The zero-order chi connectivity index (χ0) is 26.0. The lowest BCUT2D eigenvalue weighted by Gasteiger charge is -2.37. The molecule has 0 saturated heterocycles. The molecule has 4 rings (SSSR count). The molecule has 0 aromatic carbocycles. The van der Waals surface area contributed by atoms with Crippen LogP contribution in [0.3, 0.4) is 0 Å². The number of likely N-dealkylation sites (N-methyl/N-ethyl adjacent to an activating group) is 1. The van der Waals surface area contributed by atoms with Crippen molar-refractivity contribution in [1.29, 1.82) is 0 Å². The summed E-state index contributed by atoms with van der Waals surface area (Å²) >= 11 is 0. The van der Waals surface area contributed by atoms with E-state index in [0.717, 1.165) is 31.2 Å². The summed E-state index contributed by atoms with van der Waals surface area (Å²) in [7, 11) is -0.633. The summed E-state index contributed by atoms with van der Waals surface area (Å²) in [6.45, 7) is 3.85. The number of aromatic nitrogens is 3. The minimum atomic E-state index is -3.83. The molecule has 196 valence electrons. The van der Waals surface area contributed by atoms with Gasteiger partial charge in [0.15, 0.2) is 5.03 Å². The maximum atomic E-state index is 13.6. The summed E-state index contributed by atoms with van der Waals surface area (Å²) in [5.74, 6) is -0.312. The summed E-state index contributed by atoms with van der Waals surface area (Å²) in [6.07, 6.45) is 10.4. The Morgan fingerprint density at radius 2 is 2.08 bits per heavy atom. The number of sulfonamides is 1. The molecular weight excluding hydrogens is 482 g/mol. The van der Waals surface area contributed by atoms with Gasteiger partial charge in [0.05, 0.1) is 25.5 Å². The second-order valence-electron chi connectivity index (χ2n) is 9.84. The highest BCUT2D eigenvalue weighted by atomic mass is 32.2. The number of imidazole rings is 1. The molecule has 0 radical (unpaired) electrons. The first-order chi connectivity index (χ1) is 17.1. The summed E-state index contributed by atoms with van der Waals surface area (Å²) in [5, 5.41) is 9.82. The number of pyridine rings is 1. The zero-order valence-electron chi connectivity index (χ0n) is 21.3. The number of carbonyl (C=O) groups excluding carboxylic acids is 1. The lowest BCUT2D eigenvalue weighted by atomic mass is 9.93.